The molecule has 4 rings (SSSR count). The number of thiazole rings is 1. The molecule has 202 valence electrons. The summed E-state index contributed by atoms with van der Waals surface area (Å²) in [5.74, 6) is 1.09. The molecule has 1 unspecified atom stereocenters. The normalized spacial score (nSPS) is 11.5. The summed E-state index contributed by atoms with van der Waals surface area (Å²) in [6.07, 6.45) is 2.35. The first kappa shape index (κ1) is 28.2. The Hall–Kier alpha value is -3.82. The molecule has 0 radical (unpaired) electrons. The molecule has 39 heavy (non-hydrogen) atoms. The summed E-state index contributed by atoms with van der Waals surface area (Å²) < 4.78 is 10.7. The highest BCUT2D eigenvalue weighted by atomic mass is 32.2. The van der Waals surface area contributed by atoms with Gasteiger partial charge in [-0.1, -0.05) is 43.7 Å². The molecule has 1 atom stereocenters. The van der Waals surface area contributed by atoms with Gasteiger partial charge in [0.05, 0.1) is 19.9 Å². The van der Waals surface area contributed by atoms with E-state index in [9.17, 15) is 9.59 Å². The zero-order chi connectivity index (χ0) is 27.6. The van der Waals surface area contributed by atoms with Gasteiger partial charge in [-0.15, -0.1) is 23.1 Å². The van der Waals surface area contributed by atoms with Crippen molar-refractivity contribution in [2.24, 2.45) is 0 Å². The molecule has 0 saturated heterocycles. The molecule has 1 aromatic heterocycles. The third-order valence-corrected chi connectivity index (χ3v) is 7.93. The number of benzene rings is 3. The number of hydrogen-bond acceptors (Lipinski definition) is 7. The average Bonchev–Trinajstić information content (AvgIpc) is 3.44. The lowest BCUT2D eigenvalue weighted by atomic mass is 10.1. The van der Waals surface area contributed by atoms with Gasteiger partial charge < -0.3 is 20.1 Å². The minimum Gasteiger partial charge on any atom is -0.493 e. The lowest BCUT2D eigenvalue weighted by Gasteiger charge is -2.16. The van der Waals surface area contributed by atoms with Crippen LogP contribution in [0, 0.1) is 0 Å². The van der Waals surface area contributed by atoms with Crippen LogP contribution in [0.15, 0.2) is 83.1 Å². The van der Waals surface area contributed by atoms with Gasteiger partial charge in [-0.25, -0.2) is 4.98 Å². The first-order valence-electron chi connectivity index (χ1n) is 12.6. The van der Waals surface area contributed by atoms with Gasteiger partial charge in [-0.3, -0.25) is 9.59 Å². The van der Waals surface area contributed by atoms with Crippen molar-refractivity contribution in [3.8, 4) is 22.8 Å². The predicted molar refractivity (Wildman–Crippen MR) is 159 cm³/mol. The van der Waals surface area contributed by atoms with Gasteiger partial charge in [0, 0.05) is 27.9 Å². The van der Waals surface area contributed by atoms with Crippen LogP contribution in [0.25, 0.3) is 11.3 Å². The highest BCUT2D eigenvalue weighted by molar-refractivity contribution is 8.00. The van der Waals surface area contributed by atoms with Crippen molar-refractivity contribution in [2.75, 3.05) is 24.9 Å². The Morgan fingerprint density at radius 3 is 2.38 bits per heavy atom. The number of aromatic nitrogens is 1. The number of nitrogens with zero attached hydrogens (tertiary/aromatic N) is 1. The van der Waals surface area contributed by atoms with E-state index in [0.717, 1.165) is 40.2 Å². The maximum atomic E-state index is 13.5. The Morgan fingerprint density at radius 2 is 1.69 bits per heavy atom. The number of unbranched alkanes of at least 4 members (excludes halogenated alkanes) is 1. The van der Waals surface area contributed by atoms with Crippen LogP contribution in [-0.2, 0) is 9.59 Å². The minimum absolute atomic E-state index is 0.00898. The second-order valence-corrected chi connectivity index (χ2v) is 10.7. The second kappa shape index (κ2) is 13.8. The SMILES string of the molecule is CCCCC(=O)Nc1ccc(SC(C(=O)Nc2nc(-c3ccc(OC)c(OC)c3)cs2)c2ccccc2)cc1. The fourth-order valence-corrected chi connectivity index (χ4v) is 5.59. The fraction of sp³-hybridized carbons (Fsp3) is 0.233. The Morgan fingerprint density at radius 1 is 0.949 bits per heavy atom. The van der Waals surface area contributed by atoms with Crippen LogP contribution in [0.4, 0.5) is 10.8 Å². The lowest BCUT2D eigenvalue weighted by Crippen LogP contribution is -2.19. The highest BCUT2D eigenvalue weighted by Gasteiger charge is 2.23. The third kappa shape index (κ3) is 7.61. The summed E-state index contributed by atoms with van der Waals surface area (Å²) in [7, 11) is 3.18. The van der Waals surface area contributed by atoms with Crippen LogP contribution in [0.2, 0.25) is 0 Å². The molecule has 0 spiro atoms. The number of hydrogen-bond donors (Lipinski definition) is 2. The number of anilines is 2. The Kier molecular flexibility index (Phi) is 9.99. The van der Waals surface area contributed by atoms with Gasteiger partial charge in [0.15, 0.2) is 16.6 Å². The lowest BCUT2D eigenvalue weighted by molar-refractivity contribution is -0.116. The van der Waals surface area contributed by atoms with Crippen molar-refractivity contribution in [1.82, 2.24) is 4.98 Å². The van der Waals surface area contributed by atoms with Crippen LogP contribution in [0.5, 0.6) is 11.5 Å². The van der Waals surface area contributed by atoms with Gasteiger partial charge in [0.2, 0.25) is 11.8 Å². The number of nitrogens with one attached hydrogen (secondary N) is 2. The van der Waals surface area contributed by atoms with E-state index >= 15 is 0 Å². The monoisotopic (exact) mass is 561 g/mol. The summed E-state index contributed by atoms with van der Waals surface area (Å²) in [6, 6.07) is 22.8. The Bertz CT molecular complexity index is 1390. The number of carbonyl (C=O) groups is 2. The van der Waals surface area contributed by atoms with Crippen LogP contribution in [-0.4, -0.2) is 31.0 Å². The van der Waals surface area contributed by atoms with E-state index < -0.39 is 5.25 Å². The zero-order valence-electron chi connectivity index (χ0n) is 22.1. The summed E-state index contributed by atoms with van der Waals surface area (Å²) in [4.78, 5) is 31.1. The molecule has 3 aromatic carbocycles. The molecule has 0 aliphatic carbocycles. The van der Waals surface area contributed by atoms with Crippen LogP contribution in [0.3, 0.4) is 0 Å². The number of carbonyl (C=O) groups excluding carboxylic acids is 2. The molecule has 2 amide bonds. The van der Waals surface area contributed by atoms with Gasteiger partial charge in [0.1, 0.15) is 5.25 Å². The van der Waals surface area contributed by atoms with Crippen molar-refractivity contribution in [3.63, 3.8) is 0 Å². The summed E-state index contributed by atoms with van der Waals surface area (Å²) in [5, 5.41) is 7.83. The minimum atomic E-state index is -0.496. The fourth-order valence-electron chi connectivity index (χ4n) is 3.84. The third-order valence-electron chi connectivity index (χ3n) is 5.90. The average molecular weight is 562 g/mol. The first-order chi connectivity index (χ1) is 19.0. The molecule has 0 aliphatic heterocycles. The molecule has 0 aliphatic rings. The van der Waals surface area contributed by atoms with Crippen molar-refractivity contribution in [3.05, 3.63) is 83.7 Å². The Labute approximate surface area is 237 Å². The molecule has 1 heterocycles. The standard InChI is InChI=1S/C30H31N3O4S2/c1-4-5-11-27(34)31-22-13-15-23(16-14-22)39-28(20-9-7-6-8-10-20)29(35)33-30-32-24(19-38-30)21-12-17-25(36-2)26(18-21)37-3/h6-10,12-19,28H,4-5,11H2,1-3H3,(H,31,34)(H,32,33,35). The van der Waals surface area contributed by atoms with Gasteiger partial charge >= 0.3 is 0 Å². The topological polar surface area (TPSA) is 89.6 Å². The van der Waals surface area contributed by atoms with Crippen molar-refractivity contribution in [2.45, 2.75) is 36.3 Å². The number of ether oxygens (including phenoxy) is 2. The maximum Gasteiger partial charge on any atom is 0.244 e. The summed E-state index contributed by atoms with van der Waals surface area (Å²) in [5.41, 5.74) is 3.22. The summed E-state index contributed by atoms with van der Waals surface area (Å²) in [6.45, 7) is 2.06. The molecule has 0 saturated carbocycles. The Balaban J connectivity index is 1.48. The van der Waals surface area contributed by atoms with Gasteiger partial charge in [-0.05, 0) is 54.4 Å². The van der Waals surface area contributed by atoms with Crippen molar-refractivity contribution >= 4 is 45.7 Å². The van der Waals surface area contributed by atoms with E-state index in [2.05, 4.69) is 22.5 Å². The van der Waals surface area contributed by atoms with Crippen LogP contribution >= 0.6 is 23.1 Å². The smallest absolute Gasteiger partial charge is 0.244 e. The highest BCUT2D eigenvalue weighted by Crippen LogP contribution is 2.38. The molecule has 2 N–H and O–H groups in total. The number of rotatable bonds is 12. The van der Waals surface area contributed by atoms with E-state index in [4.69, 9.17) is 9.47 Å². The quantitative estimate of drug-likeness (QED) is 0.175. The van der Waals surface area contributed by atoms with Crippen molar-refractivity contribution in [1.29, 1.82) is 0 Å². The number of thioether (sulfide) groups is 1. The van der Waals surface area contributed by atoms with Gasteiger partial charge in [0.25, 0.3) is 0 Å². The number of amides is 2. The molecule has 7 nitrogen and oxygen atoms in total. The van der Waals surface area contributed by atoms with Crippen LogP contribution in [0.1, 0.15) is 37.0 Å². The molecule has 4 aromatic rings. The van der Waals surface area contributed by atoms with E-state index in [1.54, 1.807) is 14.2 Å². The molecular formula is C30H31N3O4S2. The van der Waals surface area contributed by atoms with E-state index in [-0.39, 0.29) is 11.8 Å². The molecule has 9 heteroatoms. The molecule has 0 fully saturated rings. The zero-order valence-corrected chi connectivity index (χ0v) is 23.7. The predicted octanol–water partition coefficient (Wildman–Crippen LogP) is 7.43. The number of methoxy groups -OCH3 is 2. The molecular weight excluding hydrogens is 530 g/mol. The second-order valence-electron chi connectivity index (χ2n) is 8.68. The molecule has 0 bridgehead atoms. The largest absolute Gasteiger partial charge is 0.493 e. The van der Waals surface area contributed by atoms with Crippen molar-refractivity contribution < 1.29 is 19.1 Å². The van der Waals surface area contributed by atoms with E-state index in [1.165, 1.54) is 23.1 Å². The van der Waals surface area contributed by atoms with Gasteiger partial charge in [-0.2, -0.15) is 0 Å². The summed E-state index contributed by atoms with van der Waals surface area (Å²) >= 11 is 2.81. The maximum absolute atomic E-state index is 13.5. The first-order valence-corrected chi connectivity index (χ1v) is 14.4. The van der Waals surface area contributed by atoms with E-state index in [0.29, 0.717) is 23.1 Å². The van der Waals surface area contributed by atoms with E-state index in [1.807, 2.05) is 78.2 Å². The van der Waals surface area contributed by atoms with Crippen LogP contribution < -0.4 is 20.1 Å².